The van der Waals surface area contributed by atoms with Crippen LogP contribution < -0.4 is 15.4 Å². The van der Waals surface area contributed by atoms with Crippen LogP contribution in [0.25, 0.3) is 0 Å². The summed E-state index contributed by atoms with van der Waals surface area (Å²) in [6.45, 7) is 4.99. The molecule has 0 radical (unpaired) electrons. The Morgan fingerprint density at radius 1 is 1.14 bits per heavy atom. The number of rotatable bonds is 9. The van der Waals surface area contributed by atoms with Crippen LogP contribution in [0.4, 0.5) is 5.69 Å². The molecule has 0 aliphatic heterocycles. The number of hydrogen-bond donors (Lipinski definition) is 2. The zero-order valence-corrected chi connectivity index (χ0v) is 17.1. The smallest absolute Gasteiger partial charge is 0.246 e. The van der Waals surface area contributed by atoms with Gasteiger partial charge < -0.3 is 15.4 Å². The lowest BCUT2D eigenvalue weighted by Gasteiger charge is -2.29. The van der Waals surface area contributed by atoms with Crippen LogP contribution in [-0.4, -0.2) is 43.5 Å². The van der Waals surface area contributed by atoms with E-state index in [1.54, 1.807) is 18.2 Å². The second-order valence-electron chi connectivity index (χ2n) is 6.17. The number of anilines is 1. The molecule has 2 amide bonds. The summed E-state index contributed by atoms with van der Waals surface area (Å²) in [5.74, 6) is 0.176. The van der Waals surface area contributed by atoms with Gasteiger partial charge in [0.1, 0.15) is 11.8 Å². The highest BCUT2D eigenvalue weighted by Gasteiger charge is 2.28. The largest absolute Gasteiger partial charge is 0.495 e. The van der Waals surface area contributed by atoms with Crippen LogP contribution in [0.15, 0.2) is 48.5 Å². The molecular weight excluding hydrogens is 378 g/mol. The van der Waals surface area contributed by atoms with Gasteiger partial charge in [-0.1, -0.05) is 48.9 Å². The maximum Gasteiger partial charge on any atom is 0.246 e. The third-order valence-corrected chi connectivity index (χ3v) is 4.57. The van der Waals surface area contributed by atoms with E-state index in [1.165, 1.54) is 7.11 Å². The second-order valence-corrected chi connectivity index (χ2v) is 6.58. The van der Waals surface area contributed by atoms with Crippen LogP contribution in [0.1, 0.15) is 25.5 Å². The molecule has 0 fully saturated rings. The number of amides is 2. The average molecular weight is 404 g/mol. The first kappa shape index (κ1) is 21.7. The maximum absolute atomic E-state index is 13.2. The summed E-state index contributed by atoms with van der Waals surface area (Å²) in [6.07, 6.45) is 0. The molecule has 0 spiro atoms. The highest BCUT2D eigenvalue weighted by molar-refractivity contribution is 6.32. The number of nitrogens with zero attached hydrogens (tertiary/aromatic N) is 1. The van der Waals surface area contributed by atoms with Crippen LogP contribution in [0.5, 0.6) is 5.75 Å². The van der Waals surface area contributed by atoms with Crippen LogP contribution in [0.2, 0.25) is 5.02 Å². The molecule has 2 aromatic rings. The quantitative estimate of drug-likeness (QED) is 0.672. The number of benzene rings is 2. The number of likely N-dealkylation sites (N-methyl/N-ethyl adjacent to an activating group) is 2. The summed E-state index contributed by atoms with van der Waals surface area (Å²) in [5.41, 5.74) is 1.37. The lowest BCUT2D eigenvalue weighted by molar-refractivity contribution is -0.126. The molecule has 2 aromatic carbocycles. The van der Waals surface area contributed by atoms with Gasteiger partial charge in [-0.05, 0) is 37.2 Å². The molecule has 0 saturated heterocycles. The third-order valence-electron chi connectivity index (χ3n) is 4.27. The van der Waals surface area contributed by atoms with Gasteiger partial charge >= 0.3 is 0 Å². The molecule has 2 rings (SSSR count). The Morgan fingerprint density at radius 2 is 1.86 bits per heavy atom. The zero-order valence-electron chi connectivity index (χ0n) is 16.4. The number of hydrogen-bond acceptors (Lipinski definition) is 4. The second kappa shape index (κ2) is 10.7. The Bertz CT molecular complexity index is 799. The molecule has 28 heavy (non-hydrogen) atoms. The molecule has 7 heteroatoms. The monoisotopic (exact) mass is 403 g/mol. The van der Waals surface area contributed by atoms with Gasteiger partial charge in [0.05, 0.1) is 18.7 Å². The molecule has 0 aliphatic carbocycles. The molecule has 0 aliphatic rings. The molecule has 1 atom stereocenters. The van der Waals surface area contributed by atoms with Crippen molar-refractivity contribution in [2.24, 2.45) is 0 Å². The highest BCUT2D eigenvalue weighted by Crippen LogP contribution is 2.28. The molecule has 0 bridgehead atoms. The Kier molecular flexibility index (Phi) is 8.29. The number of ether oxygens (including phenoxy) is 1. The highest BCUT2D eigenvalue weighted by atomic mass is 35.5. The van der Waals surface area contributed by atoms with Gasteiger partial charge in [-0.15, -0.1) is 0 Å². The normalized spacial score (nSPS) is 11.8. The van der Waals surface area contributed by atoms with E-state index in [9.17, 15) is 9.59 Å². The third kappa shape index (κ3) is 5.71. The summed E-state index contributed by atoms with van der Waals surface area (Å²) < 4.78 is 5.15. The molecule has 6 nitrogen and oxygen atoms in total. The summed E-state index contributed by atoms with van der Waals surface area (Å²) in [4.78, 5) is 27.1. The number of methoxy groups -OCH3 is 1. The molecule has 150 valence electrons. The van der Waals surface area contributed by atoms with Gasteiger partial charge in [0.25, 0.3) is 0 Å². The standard InChI is InChI=1S/C21H26ClN3O3/c1-4-23-19(26)14-25(5-2)20(15-9-7-6-8-10-15)21(27)24-16-11-12-18(28-3)17(22)13-16/h6-13,20H,4-5,14H2,1-3H3,(H,23,26)(H,24,27). The SMILES string of the molecule is CCNC(=O)CN(CC)C(C(=O)Nc1ccc(OC)c(Cl)c1)c1ccccc1. The Morgan fingerprint density at radius 3 is 2.43 bits per heavy atom. The van der Waals surface area contributed by atoms with E-state index in [2.05, 4.69) is 10.6 Å². The van der Waals surface area contributed by atoms with Crippen molar-refractivity contribution in [2.75, 3.05) is 32.1 Å². The molecular formula is C21H26ClN3O3. The molecule has 1 unspecified atom stereocenters. The molecule has 0 heterocycles. The van der Waals surface area contributed by atoms with Crippen molar-refractivity contribution >= 4 is 29.1 Å². The summed E-state index contributed by atoms with van der Waals surface area (Å²) in [6, 6.07) is 13.8. The number of carbonyl (C=O) groups excluding carboxylic acids is 2. The van der Waals surface area contributed by atoms with Crippen molar-refractivity contribution in [2.45, 2.75) is 19.9 Å². The first-order chi connectivity index (χ1) is 13.5. The fourth-order valence-corrected chi connectivity index (χ4v) is 3.20. The molecule has 0 aromatic heterocycles. The van der Waals surface area contributed by atoms with Gasteiger partial charge in [-0.3, -0.25) is 14.5 Å². The lowest BCUT2D eigenvalue weighted by atomic mass is 10.0. The van der Waals surface area contributed by atoms with Crippen LogP contribution in [0.3, 0.4) is 0 Å². The summed E-state index contributed by atoms with van der Waals surface area (Å²) >= 11 is 6.16. The minimum atomic E-state index is -0.616. The number of nitrogens with one attached hydrogen (secondary N) is 2. The van der Waals surface area contributed by atoms with Crippen molar-refractivity contribution in [1.29, 1.82) is 0 Å². The Labute approximate surface area is 170 Å². The Balaban J connectivity index is 2.28. The van der Waals surface area contributed by atoms with E-state index in [0.717, 1.165) is 5.56 Å². The van der Waals surface area contributed by atoms with E-state index in [1.807, 2.05) is 49.1 Å². The van der Waals surface area contributed by atoms with Crippen molar-refractivity contribution in [3.63, 3.8) is 0 Å². The fraction of sp³-hybridized carbons (Fsp3) is 0.333. The topological polar surface area (TPSA) is 70.7 Å². The predicted molar refractivity (Wildman–Crippen MR) is 112 cm³/mol. The van der Waals surface area contributed by atoms with Crippen LogP contribution >= 0.6 is 11.6 Å². The minimum Gasteiger partial charge on any atom is -0.495 e. The average Bonchev–Trinajstić information content (AvgIpc) is 2.68. The van der Waals surface area contributed by atoms with Gasteiger partial charge in [0, 0.05) is 12.2 Å². The number of carbonyl (C=O) groups is 2. The van der Waals surface area contributed by atoms with Crippen LogP contribution in [0, 0.1) is 0 Å². The van der Waals surface area contributed by atoms with E-state index in [-0.39, 0.29) is 18.4 Å². The van der Waals surface area contributed by atoms with Gasteiger partial charge in [-0.25, -0.2) is 0 Å². The molecule has 2 N–H and O–H groups in total. The predicted octanol–water partition coefficient (Wildman–Crippen LogP) is 3.49. The molecule has 0 saturated carbocycles. The zero-order chi connectivity index (χ0) is 20.5. The fourth-order valence-electron chi connectivity index (χ4n) is 2.94. The van der Waals surface area contributed by atoms with Gasteiger partial charge in [-0.2, -0.15) is 0 Å². The van der Waals surface area contributed by atoms with Crippen molar-refractivity contribution in [3.05, 3.63) is 59.1 Å². The van der Waals surface area contributed by atoms with E-state index in [4.69, 9.17) is 16.3 Å². The Hall–Kier alpha value is -2.57. The van der Waals surface area contributed by atoms with E-state index >= 15 is 0 Å². The van der Waals surface area contributed by atoms with Gasteiger partial charge in [0.2, 0.25) is 11.8 Å². The number of halogens is 1. The lowest BCUT2D eigenvalue weighted by Crippen LogP contribution is -2.43. The maximum atomic E-state index is 13.2. The first-order valence-electron chi connectivity index (χ1n) is 9.20. The minimum absolute atomic E-state index is 0.120. The van der Waals surface area contributed by atoms with E-state index in [0.29, 0.717) is 29.5 Å². The van der Waals surface area contributed by atoms with Crippen molar-refractivity contribution < 1.29 is 14.3 Å². The first-order valence-corrected chi connectivity index (χ1v) is 9.58. The van der Waals surface area contributed by atoms with Crippen molar-refractivity contribution in [3.8, 4) is 5.75 Å². The summed E-state index contributed by atoms with van der Waals surface area (Å²) in [5, 5.41) is 6.09. The van der Waals surface area contributed by atoms with Gasteiger partial charge in [0.15, 0.2) is 0 Å². The van der Waals surface area contributed by atoms with Crippen molar-refractivity contribution in [1.82, 2.24) is 10.2 Å². The van der Waals surface area contributed by atoms with E-state index < -0.39 is 6.04 Å². The summed E-state index contributed by atoms with van der Waals surface area (Å²) in [7, 11) is 1.53. The van der Waals surface area contributed by atoms with Crippen LogP contribution in [-0.2, 0) is 9.59 Å².